The minimum Gasteiger partial charge on any atom is -0.461 e. The van der Waals surface area contributed by atoms with Gasteiger partial charge in [0.1, 0.15) is 24.4 Å². The Balaban J connectivity index is 1.52. The third-order valence-corrected chi connectivity index (χ3v) is 10.1. The molecule has 0 aromatic rings. The molecule has 3 N–H and O–H groups in total. The van der Waals surface area contributed by atoms with Gasteiger partial charge in [-0.05, 0) is 54.1 Å². The molecule has 0 saturated heterocycles. The van der Waals surface area contributed by atoms with E-state index in [0.717, 1.165) is 25.7 Å². The van der Waals surface area contributed by atoms with Gasteiger partial charge in [-0.3, -0.25) is 9.59 Å². The van der Waals surface area contributed by atoms with Crippen molar-refractivity contribution >= 4 is 11.8 Å². The summed E-state index contributed by atoms with van der Waals surface area (Å²) in [4.78, 5) is 26.7. The maximum Gasteiger partial charge on any atom is 0.306 e. The van der Waals surface area contributed by atoms with E-state index < -0.39 is 29.1 Å². The Labute approximate surface area is 216 Å². The van der Waals surface area contributed by atoms with E-state index in [9.17, 15) is 24.9 Å². The Morgan fingerprint density at radius 1 is 1.08 bits per heavy atom. The molecule has 0 radical (unpaired) electrons. The lowest BCUT2D eigenvalue weighted by molar-refractivity contribution is -0.190. The summed E-state index contributed by atoms with van der Waals surface area (Å²) < 4.78 is 5.56. The number of carbonyl (C=O) groups is 2. The fraction of sp³-hybridized carbons (Fsp3) is 0.800. The topological polar surface area (TPSA) is 104 Å². The Bertz CT molecular complexity index is 934. The summed E-state index contributed by atoms with van der Waals surface area (Å²) in [5.74, 6) is -0.785. The molecule has 6 nitrogen and oxygen atoms in total. The van der Waals surface area contributed by atoms with E-state index in [0.29, 0.717) is 23.5 Å². The van der Waals surface area contributed by atoms with Crippen LogP contribution in [0.1, 0.15) is 92.4 Å². The average molecular weight is 503 g/mol. The van der Waals surface area contributed by atoms with Gasteiger partial charge in [-0.1, -0.05) is 78.4 Å². The van der Waals surface area contributed by atoms with Crippen molar-refractivity contribution in [3.8, 4) is 0 Å². The number of allylic oxidation sites excluding steroid dienone is 1. The minimum absolute atomic E-state index is 0.0188. The molecule has 0 aliphatic heterocycles. The largest absolute Gasteiger partial charge is 0.461 e. The third-order valence-electron chi connectivity index (χ3n) is 10.1. The van der Waals surface area contributed by atoms with Crippen molar-refractivity contribution in [1.29, 1.82) is 0 Å². The smallest absolute Gasteiger partial charge is 0.306 e. The van der Waals surface area contributed by atoms with E-state index in [-0.39, 0.29) is 35.6 Å². The maximum atomic E-state index is 14.2. The summed E-state index contributed by atoms with van der Waals surface area (Å²) in [6, 6.07) is 0. The summed E-state index contributed by atoms with van der Waals surface area (Å²) in [7, 11) is 0. The zero-order valence-corrected chi connectivity index (χ0v) is 22.8. The predicted molar refractivity (Wildman–Crippen MR) is 138 cm³/mol. The highest BCUT2D eigenvalue weighted by Crippen LogP contribution is 2.71. The van der Waals surface area contributed by atoms with Gasteiger partial charge >= 0.3 is 5.97 Å². The number of ketones is 1. The number of hydrogen-bond donors (Lipinski definition) is 3. The first-order valence-electron chi connectivity index (χ1n) is 14.1. The number of aliphatic hydroxyl groups is 3. The van der Waals surface area contributed by atoms with Gasteiger partial charge in [0.05, 0.1) is 5.41 Å². The molecule has 202 valence electrons. The molecular weight excluding hydrogens is 456 g/mol. The molecule has 0 aromatic carbocycles. The number of unbranched alkanes of at least 4 members (excludes halogenated alkanes) is 6. The van der Waals surface area contributed by atoms with Crippen LogP contribution in [0.3, 0.4) is 0 Å². The lowest BCUT2D eigenvalue weighted by Crippen LogP contribution is -2.65. The van der Waals surface area contributed by atoms with Gasteiger partial charge in [-0.15, -0.1) is 0 Å². The van der Waals surface area contributed by atoms with E-state index >= 15 is 0 Å². The van der Waals surface area contributed by atoms with Crippen molar-refractivity contribution in [1.82, 2.24) is 0 Å². The third kappa shape index (κ3) is 4.12. The number of aliphatic hydroxyl groups excluding tert-OH is 2. The highest BCUT2D eigenvalue weighted by atomic mass is 16.5. The van der Waals surface area contributed by atoms with Crippen LogP contribution in [-0.4, -0.2) is 51.5 Å². The van der Waals surface area contributed by atoms with Gasteiger partial charge in [0, 0.05) is 12.3 Å². The van der Waals surface area contributed by atoms with Crippen LogP contribution in [0.2, 0.25) is 0 Å². The van der Waals surface area contributed by atoms with Crippen LogP contribution in [0.25, 0.3) is 0 Å². The number of rotatable bonds is 10. The summed E-state index contributed by atoms with van der Waals surface area (Å²) in [6.45, 7) is 10.0. The normalized spacial score (nSPS) is 40.4. The quantitative estimate of drug-likeness (QED) is 0.231. The maximum absolute atomic E-state index is 14.2. The molecule has 0 amide bonds. The Morgan fingerprint density at radius 3 is 2.39 bits per heavy atom. The van der Waals surface area contributed by atoms with E-state index in [1.54, 1.807) is 19.1 Å². The summed E-state index contributed by atoms with van der Waals surface area (Å²) >= 11 is 0. The predicted octanol–water partition coefficient (Wildman–Crippen LogP) is 4.51. The number of fused-ring (bicyclic) bond motifs is 3. The lowest BCUT2D eigenvalue weighted by atomic mass is 9.59. The van der Waals surface area contributed by atoms with Gasteiger partial charge in [-0.25, -0.2) is 0 Å². The second-order valence-electron chi connectivity index (χ2n) is 12.6. The van der Waals surface area contributed by atoms with Crippen LogP contribution in [0.4, 0.5) is 0 Å². The summed E-state index contributed by atoms with van der Waals surface area (Å²) in [5.41, 5.74) is -2.65. The molecule has 0 aromatic heterocycles. The highest BCUT2D eigenvalue weighted by molar-refractivity contribution is 5.95. The molecule has 1 unspecified atom stereocenters. The van der Waals surface area contributed by atoms with Gasteiger partial charge in [-0.2, -0.15) is 0 Å². The number of carbonyl (C=O) groups excluding carboxylic acids is 2. The SMILES string of the molecule is CCCCCCCCCC(=O)OCC1=CC2C(=O)[C@]3(C=C(C)[C@H](O)[C@@]3(O)[C@@H]1O)[C@H](C)C[C@@H]1[C@H]2C1(C)C. The molecule has 4 rings (SSSR count). The molecule has 2 fully saturated rings. The van der Waals surface area contributed by atoms with E-state index in [1.807, 2.05) is 6.92 Å². The Hall–Kier alpha value is -1.50. The molecule has 4 aliphatic carbocycles. The van der Waals surface area contributed by atoms with Crippen molar-refractivity contribution in [2.24, 2.45) is 34.5 Å². The van der Waals surface area contributed by atoms with Crippen molar-refractivity contribution in [3.63, 3.8) is 0 Å². The molecule has 0 heterocycles. The standard InChI is InChI=1S/C30H46O6/c1-6-7-8-9-10-11-12-13-23(31)36-17-20-15-21-24-22(28(24,4)5)14-19(3)29(27(21)34)16-18(2)25(32)30(29,35)26(20)33/h15-16,19,21-22,24-26,32-33,35H,6-14,17H2,1-5H3/t19-,21?,22-,24+,25+,26-,29+,30-/m1/s1. The highest BCUT2D eigenvalue weighted by Gasteiger charge is 2.75. The molecule has 2 bridgehead atoms. The van der Waals surface area contributed by atoms with Gasteiger partial charge in [0.15, 0.2) is 5.78 Å². The van der Waals surface area contributed by atoms with Gasteiger partial charge in [0.25, 0.3) is 0 Å². The van der Waals surface area contributed by atoms with E-state index in [1.165, 1.54) is 25.7 Å². The fourth-order valence-electron chi connectivity index (χ4n) is 7.88. The number of esters is 1. The van der Waals surface area contributed by atoms with Crippen LogP contribution >= 0.6 is 0 Å². The second kappa shape index (κ2) is 9.99. The fourth-order valence-corrected chi connectivity index (χ4v) is 7.88. The van der Waals surface area contributed by atoms with Gasteiger partial charge in [0.2, 0.25) is 0 Å². The summed E-state index contributed by atoms with van der Waals surface area (Å²) in [6.07, 6.45) is 9.39. The Morgan fingerprint density at radius 2 is 1.72 bits per heavy atom. The van der Waals surface area contributed by atoms with Crippen molar-refractivity contribution in [2.75, 3.05) is 6.61 Å². The van der Waals surface area contributed by atoms with Crippen molar-refractivity contribution < 1.29 is 29.6 Å². The average Bonchev–Trinajstić information content (AvgIpc) is 3.33. The first kappa shape index (κ1) is 27.5. The Kier molecular flexibility index (Phi) is 7.64. The number of Topliss-reactive ketones (excluding diaryl/α,β-unsaturated/α-hetero) is 1. The summed E-state index contributed by atoms with van der Waals surface area (Å²) in [5, 5.41) is 34.7. The first-order chi connectivity index (χ1) is 16.9. The first-order valence-corrected chi connectivity index (χ1v) is 14.1. The molecule has 8 atom stereocenters. The number of hydrogen-bond acceptors (Lipinski definition) is 6. The molecule has 4 aliphatic rings. The van der Waals surface area contributed by atoms with Crippen LogP contribution in [0.5, 0.6) is 0 Å². The van der Waals surface area contributed by atoms with Crippen LogP contribution in [0.15, 0.2) is 23.3 Å². The zero-order valence-electron chi connectivity index (χ0n) is 22.8. The van der Waals surface area contributed by atoms with E-state index in [4.69, 9.17) is 4.74 Å². The lowest BCUT2D eigenvalue weighted by Gasteiger charge is -2.48. The van der Waals surface area contributed by atoms with Crippen LogP contribution in [0, 0.1) is 34.5 Å². The molecular formula is C30H46O6. The van der Waals surface area contributed by atoms with Crippen molar-refractivity contribution in [3.05, 3.63) is 23.3 Å². The van der Waals surface area contributed by atoms with Crippen LogP contribution < -0.4 is 0 Å². The monoisotopic (exact) mass is 502 g/mol. The molecule has 36 heavy (non-hydrogen) atoms. The molecule has 2 saturated carbocycles. The zero-order chi connectivity index (χ0) is 26.5. The second-order valence-corrected chi connectivity index (χ2v) is 12.6. The van der Waals surface area contributed by atoms with Crippen molar-refractivity contribution in [2.45, 2.75) is 110 Å². The molecule has 6 heteroatoms. The van der Waals surface area contributed by atoms with Gasteiger partial charge < -0.3 is 20.1 Å². The van der Waals surface area contributed by atoms with E-state index in [2.05, 4.69) is 20.8 Å². The molecule has 1 spiro atoms. The minimum atomic E-state index is -2.08. The number of ether oxygens (including phenoxy) is 1. The van der Waals surface area contributed by atoms with Crippen LogP contribution in [-0.2, 0) is 14.3 Å².